The molecule has 0 bridgehead atoms. The molecule has 2 amide bonds. The van der Waals surface area contributed by atoms with E-state index < -0.39 is 11.9 Å². The van der Waals surface area contributed by atoms with Crippen LogP contribution < -0.4 is 10.2 Å². The van der Waals surface area contributed by atoms with Crippen LogP contribution in [0, 0.1) is 0 Å². The van der Waals surface area contributed by atoms with Gasteiger partial charge in [0.05, 0.1) is 5.92 Å². The summed E-state index contributed by atoms with van der Waals surface area (Å²) < 4.78 is 0. The van der Waals surface area contributed by atoms with Crippen molar-refractivity contribution in [3.05, 3.63) is 103 Å². The van der Waals surface area contributed by atoms with Crippen LogP contribution in [0.15, 0.2) is 101 Å². The van der Waals surface area contributed by atoms with Crippen LogP contribution in [0.4, 0.5) is 10.5 Å². The van der Waals surface area contributed by atoms with E-state index in [1.807, 2.05) is 73.7 Å². The van der Waals surface area contributed by atoms with Crippen molar-refractivity contribution in [1.29, 1.82) is 0 Å². The Balaban J connectivity index is 1.73. The number of hydrogen-bond donors (Lipinski definition) is 2. The highest BCUT2D eigenvalue weighted by Gasteiger charge is 2.18. The Bertz CT molecular complexity index is 1120. The van der Waals surface area contributed by atoms with Gasteiger partial charge in [0.25, 0.3) is 0 Å². The number of hydrogen-bond acceptors (Lipinski definition) is 3. The van der Waals surface area contributed by atoms with E-state index in [1.165, 1.54) is 5.56 Å². The summed E-state index contributed by atoms with van der Waals surface area (Å²) >= 11 is 1.58. The Kier molecular flexibility index (Phi) is 9.99. The molecule has 0 saturated heterocycles. The van der Waals surface area contributed by atoms with Gasteiger partial charge in [-0.15, -0.1) is 6.58 Å². The van der Waals surface area contributed by atoms with Gasteiger partial charge >= 0.3 is 12.0 Å². The molecular formula is C29H32N2O3S. The topological polar surface area (TPSA) is 69.6 Å². The number of aryl methyl sites for hydroxylation is 1. The van der Waals surface area contributed by atoms with Crippen molar-refractivity contribution in [3.63, 3.8) is 0 Å². The van der Waals surface area contributed by atoms with Crippen molar-refractivity contribution in [2.75, 3.05) is 18.0 Å². The van der Waals surface area contributed by atoms with Gasteiger partial charge in [0.15, 0.2) is 0 Å². The molecule has 3 aromatic rings. The van der Waals surface area contributed by atoms with Crippen LogP contribution in [0.2, 0.25) is 0 Å². The van der Waals surface area contributed by atoms with Crippen molar-refractivity contribution in [1.82, 2.24) is 5.32 Å². The van der Waals surface area contributed by atoms with Crippen molar-refractivity contribution in [2.24, 2.45) is 0 Å². The van der Waals surface area contributed by atoms with Gasteiger partial charge in [-0.25, -0.2) is 4.79 Å². The first-order valence-electron chi connectivity index (χ1n) is 11.8. The Labute approximate surface area is 211 Å². The summed E-state index contributed by atoms with van der Waals surface area (Å²) in [7, 11) is 0. The van der Waals surface area contributed by atoms with E-state index in [4.69, 9.17) is 0 Å². The van der Waals surface area contributed by atoms with Crippen molar-refractivity contribution in [3.8, 4) is 0 Å². The van der Waals surface area contributed by atoms with Gasteiger partial charge in [-0.2, -0.15) is 0 Å². The van der Waals surface area contributed by atoms with Gasteiger partial charge in [0, 0.05) is 28.6 Å². The Hall–Kier alpha value is -3.51. The zero-order valence-corrected chi connectivity index (χ0v) is 20.8. The Morgan fingerprint density at radius 3 is 2.43 bits per heavy atom. The number of carboxylic acid groups (broad SMARTS) is 1. The summed E-state index contributed by atoms with van der Waals surface area (Å²) in [5, 5.41) is 12.3. The minimum Gasteiger partial charge on any atom is -0.481 e. The van der Waals surface area contributed by atoms with Gasteiger partial charge in [0.2, 0.25) is 0 Å². The molecule has 0 saturated carbocycles. The van der Waals surface area contributed by atoms with Crippen molar-refractivity contribution >= 4 is 29.4 Å². The number of nitrogens with zero attached hydrogens (tertiary/aromatic N) is 1. The molecule has 0 aliphatic carbocycles. The fourth-order valence-corrected chi connectivity index (χ4v) is 4.73. The lowest BCUT2D eigenvalue weighted by Crippen LogP contribution is -2.40. The van der Waals surface area contributed by atoms with Crippen molar-refractivity contribution in [2.45, 2.75) is 41.9 Å². The highest BCUT2D eigenvalue weighted by molar-refractivity contribution is 7.99. The molecule has 1 unspecified atom stereocenters. The lowest BCUT2D eigenvalue weighted by atomic mass is 9.97. The Morgan fingerprint density at radius 1 is 1.03 bits per heavy atom. The molecule has 1 atom stereocenters. The van der Waals surface area contributed by atoms with Gasteiger partial charge in [-0.3, -0.25) is 9.69 Å². The van der Waals surface area contributed by atoms with Crippen LogP contribution in [-0.4, -0.2) is 30.2 Å². The van der Waals surface area contributed by atoms with Gasteiger partial charge in [-0.05, 0) is 60.7 Å². The maximum Gasteiger partial charge on any atom is 0.322 e. The zero-order valence-electron chi connectivity index (χ0n) is 20.0. The predicted octanol–water partition coefficient (Wildman–Crippen LogP) is 6.75. The van der Waals surface area contributed by atoms with Gasteiger partial charge < -0.3 is 10.4 Å². The lowest BCUT2D eigenvalue weighted by Gasteiger charge is -2.23. The largest absolute Gasteiger partial charge is 0.481 e. The first-order chi connectivity index (χ1) is 17.0. The minimum absolute atomic E-state index is 0.149. The molecule has 0 fully saturated rings. The van der Waals surface area contributed by atoms with Gasteiger partial charge in [0.1, 0.15) is 0 Å². The molecule has 5 nitrogen and oxygen atoms in total. The van der Waals surface area contributed by atoms with Crippen LogP contribution in [0.1, 0.15) is 36.8 Å². The van der Waals surface area contributed by atoms with Crippen LogP contribution in [0.5, 0.6) is 0 Å². The van der Waals surface area contributed by atoms with Crippen LogP contribution in [-0.2, 0) is 11.2 Å². The van der Waals surface area contributed by atoms with E-state index in [1.54, 1.807) is 22.7 Å². The number of benzene rings is 3. The monoisotopic (exact) mass is 488 g/mol. The number of aliphatic carboxylic acids is 1. The number of anilines is 1. The van der Waals surface area contributed by atoms with E-state index >= 15 is 0 Å². The molecule has 0 spiro atoms. The van der Waals surface area contributed by atoms with E-state index in [2.05, 4.69) is 24.0 Å². The number of carbonyl (C=O) groups excluding carboxylic acids is 1. The first-order valence-corrected chi connectivity index (χ1v) is 12.6. The Morgan fingerprint density at radius 2 is 1.77 bits per heavy atom. The average Bonchev–Trinajstić information content (AvgIpc) is 2.87. The fraction of sp³-hybridized carbons (Fsp3) is 0.241. The quantitative estimate of drug-likeness (QED) is 0.277. The lowest BCUT2D eigenvalue weighted by molar-refractivity contribution is -0.138. The third kappa shape index (κ3) is 7.76. The van der Waals surface area contributed by atoms with Gasteiger partial charge in [-0.1, -0.05) is 73.3 Å². The van der Waals surface area contributed by atoms with E-state index in [0.717, 1.165) is 33.9 Å². The van der Waals surface area contributed by atoms with Crippen molar-refractivity contribution < 1.29 is 14.7 Å². The van der Waals surface area contributed by atoms with Crippen LogP contribution >= 0.6 is 11.8 Å². The molecule has 3 rings (SSSR count). The summed E-state index contributed by atoms with van der Waals surface area (Å²) in [6.45, 7) is 6.57. The number of carboxylic acids is 1. The number of carbonyl (C=O) groups is 2. The van der Waals surface area contributed by atoms with E-state index in [-0.39, 0.29) is 6.03 Å². The molecule has 0 radical (unpaired) electrons. The first kappa shape index (κ1) is 26.1. The summed E-state index contributed by atoms with van der Waals surface area (Å²) in [5.74, 6) is -1.29. The predicted molar refractivity (Wildman–Crippen MR) is 143 cm³/mol. The molecule has 0 aliphatic heterocycles. The smallest absolute Gasteiger partial charge is 0.322 e. The summed E-state index contributed by atoms with van der Waals surface area (Å²) in [4.78, 5) is 28.1. The second kappa shape index (κ2) is 13.4. The molecular weight excluding hydrogens is 456 g/mol. The van der Waals surface area contributed by atoms with E-state index in [9.17, 15) is 14.7 Å². The highest BCUT2D eigenvalue weighted by Crippen LogP contribution is 2.32. The molecule has 3 aromatic carbocycles. The third-order valence-corrected chi connectivity index (χ3v) is 6.68. The average molecular weight is 489 g/mol. The minimum atomic E-state index is -0.803. The molecule has 182 valence electrons. The standard InChI is InChI=1S/C29H32N2O3S/c1-3-19-30-29(34)31(20-9-12-22-10-6-5-7-11-22)24-13-8-14-26(21-24)35-25-17-15-23(16-18-25)27(4-2)28(32)33/h3,5-8,10-11,13-18,21,27H,1,4,9,12,19-20H2,2H3,(H,30,34)(H,32,33). The molecule has 0 aromatic heterocycles. The van der Waals surface area contributed by atoms with Crippen LogP contribution in [0.25, 0.3) is 0 Å². The van der Waals surface area contributed by atoms with Crippen LogP contribution in [0.3, 0.4) is 0 Å². The molecule has 35 heavy (non-hydrogen) atoms. The fourth-order valence-electron chi connectivity index (χ4n) is 3.86. The maximum absolute atomic E-state index is 12.9. The number of rotatable bonds is 12. The second-order valence-electron chi connectivity index (χ2n) is 8.18. The summed E-state index contributed by atoms with van der Waals surface area (Å²) in [6.07, 6.45) is 3.95. The zero-order chi connectivity index (χ0) is 25.0. The summed E-state index contributed by atoms with van der Waals surface area (Å²) in [5.41, 5.74) is 2.89. The molecule has 2 N–H and O–H groups in total. The second-order valence-corrected chi connectivity index (χ2v) is 9.33. The molecule has 0 heterocycles. The maximum atomic E-state index is 12.9. The highest BCUT2D eigenvalue weighted by atomic mass is 32.2. The summed E-state index contributed by atoms with van der Waals surface area (Å²) in [6, 6.07) is 25.7. The third-order valence-electron chi connectivity index (χ3n) is 5.69. The normalized spacial score (nSPS) is 11.5. The molecule has 6 heteroatoms. The van der Waals surface area contributed by atoms with E-state index in [0.29, 0.717) is 19.5 Å². The molecule has 0 aliphatic rings. The SMILES string of the molecule is C=CCNC(=O)N(CCCc1ccccc1)c1cccc(Sc2ccc(C(CC)C(=O)O)cc2)c1. The number of urea groups is 1. The number of nitrogens with one attached hydrogen (secondary N) is 1. The number of amides is 2.